The smallest absolute Gasteiger partial charge is 0.416 e. The molecule has 0 saturated carbocycles. The highest BCUT2D eigenvalue weighted by Gasteiger charge is 2.60. The molecule has 2 heterocycles. The van der Waals surface area contributed by atoms with Crippen molar-refractivity contribution in [2.24, 2.45) is 5.41 Å². The first kappa shape index (κ1) is 24.2. The Bertz CT molecular complexity index is 1040. The standard InChI is InChI=1S/C21H21F3N2O7/c1-2-15-20(19(32)33,18(31)25-7-6-13(27)10-25)9-14(17(29)30)16(28)26(15)12-5-3-4-11(8-12)21(22,23)24/h3-5,8-9,13,15,27H,2,6-7,10H2,1H3,(H,29,30)(H,32,33). The van der Waals surface area contributed by atoms with Crippen LogP contribution in [0.3, 0.4) is 0 Å². The number of β-amino-alcohol motifs (C(OH)–C–C–N with tert-alkyl or cyclic N) is 1. The van der Waals surface area contributed by atoms with Crippen LogP contribution in [0.25, 0.3) is 0 Å². The molecule has 0 aliphatic carbocycles. The molecule has 2 amide bonds. The van der Waals surface area contributed by atoms with Gasteiger partial charge in [-0.15, -0.1) is 0 Å². The lowest BCUT2D eigenvalue weighted by molar-refractivity contribution is -0.159. The maximum absolute atomic E-state index is 13.4. The molecule has 0 spiro atoms. The van der Waals surface area contributed by atoms with Crippen molar-refractivity contribution >= 4 is 29.4 Å². The molecule has 3 rings (SSSR count). The molecule has 0 radical (unpaired) electrons. The maximum Gasteiger partial charge on any atom is 0.416 e. The minimum atomic E-state index is -4.78. The Morgan fingerprint density at radius 3 is 2.36 bits per heavy atom. The van der Waals surface area contributed by atoms with Gasteiger partial charge in [0.05, 0.1) is 17.7 Å². The number of aliphatic hydroxyl groups is 1. The van der Waals surface area contributed by atoms with Crippen molar-refractivity contribution in [3.05, 3.63) is 41.5 Å². The van der Waals surface area contributed by atoms with E-state index in [1.165, 1.54) is 6.92 Å². The summed E-state index contributed by atoms with van der Waals surface area (Å²) in [7, 11) is 0. The quantitative estimate of drug-likeness (QED) is 0.438. The minimum absolute atomic E-state index is 0.000779. The second kappa shape index (κ2) is 8.50. The van der Waals surface area contributed by atoms with E-state index in [4.69, 9.17) is 0 Å². The molecule has 2 aliphatic rings. The molecule has 0 aromatic heterocycles. The number of carbonyl (C=O) groups is 4. The zero-order valence-corrected chi connectivity index (χ0v) is 17.4. The topological polar surface area (TPSA) is 135 Å². The van der Waals surface area contributed by atoms with E-state index in [2.05, 4.69) is 0 Å². The number of amides is 2. The number of carboxylic acid groups (broad SMARTS) is 2. The van der Waals surface area contributed by atoms with Gasteiger partial charge in [0, 0.05) is 18.8 Å². The molecule has 1 aromatic rings. The number of aliphatic hydroxyl groups excluding tert-OH is 1. The van der Waals surface area contributed by atoms with Gasteiger partial charge in [0.25, 0.3) is 5.91 Å². The summed E-state index contributed by atoms with van der Waals surface area (Å²) in [5, 5.41) is 29.5. The van der Waals surface area contributed by atoms with Crippen molar-refractivity contribution in [1.29, 1.82) is 0 Å². The maximum atomic E-state index is 13.4. The Morgan fingerprint density at radius 2 is 1.88 bits per heavy atom. The first-order valence-electron chi connectivity index (χ1n) is 10.0. The molecule has 2 aliphatic heterocycles. The monoisotopic (exact) mass is 470 g/mol. The highest BCUT2D eigenvalue weighted by molar-refractivity contribution is 6.25. The molecule has 1 saturated heterocycles. The van der Waals surface area contributed by atoms with Crippen LogP contribution in [0.4, 0.5) is 18.9 Å². The van der Waals surface area contributed by atoms with Crippen LogP contribution in [0.15, 0.2) is 35.9 Å². The fourth-order valence-electron chi connectivity index (χ4n) is 4.34. The number of benzene rings is 1. The van der Waals surface area contributed by atoms with Gasteiger partial charge in [0.1, 0.15) is 5.57 Å². The Kier molecular flexibility index (Phi) is 6.25. The van der Waals surface area contributed by atoms with Crippen molar-refractivity contribution in [2.45, 2.75) is 38.1 Å². The molecule has 1 aromatic carbocycles. The SMILES string of the molecule is CCC1N(c2cccc(C(F)(F)F)c2)C(=O)C(C(=O)O)=CC1(C(=O)O)C(=O)N1CCC(O)C1. The number of likely N-dealkylation sites (tertiary alicyclic amines) is 1. The Labute approximate surface area is 185 Å². The first-order chi connectivity index (χ1) is 15.3. The third-order valence-electron chi connectivity index (χ3n) is 5.89. The number of alkyl halides is 3. The molecule has 33 heavy (non-hydrogen) atoms. The van der Waals surface area contributed by atoms with Gasteiger partial charge in [-0.3, -0.25) is 14.4 Å². The largest absolute Gasteiger partial charge is 0.480 e. The van der Waals surface area contributed by atoms with Crippen LogP contribution in [0.5, 0.6) is 0 Å². The fourth-order valence-corrected chi connectivity index (χ4v) is 4.34. The van der Waals surface area contributed by atoms with E-state index < -0.39 is 64.3 Å². The molecule has 12 heteroatoms. The molecule has 1 fully saturated rings. The molecular weight excluding hydrogens is 449 g/mol. The number of rotatable bonds is 5. The number of aliphatic carboxylic acids is 2. The summed E-state index contributed by atoms with van der Waals surface area (Å²) in [6.07, 6.45) is -5.14. The van der Waals surface area contributed by atoms with E-state index in [-0.39, 0.29) is 25.9 Å². The number of carbonyl (C=O) groups excluding carboxylic acids is 2. The van der Waals surface area contributed by atoms with Crippen molar-refractivity contribution in [3.8, 4) is 0 Å². The zero-order chi connectivity index (χ0) is 24.7. The van der Waals surface area contributed by atoms with Gasteiger partial charge in [0.15, 0.2) is 5.41 Å². The number of hydrogen-bond donors (Lipinski definition) is 3. The van der Waals surface area contributed by atoms with Crippen LogP contribution in [-0.4, -0.2) is 69.2 Å². The van der Waals surface area contributed by atoms with Crippen LogP contribution < -0.4 is 4.90 Å². The molecule has 9 nitrogen and oxygen atoms in total. The highest BCUT2D eigenvalue weighted by atomic mass is 19.4. The lowest BCUT2D eigenvalue weighted by Gasteiger charge is -2.45. The van der Waals surface area contributed by atoms with Crippen molar-refractivity contribution < 1.29 is 47.7 Å². The van der Waals surface area contributed by atoms with E-state index >= 15 is 0 Å². The number of halogens is 3. The summed E-state index contributed by atoms with van der Waals surface area (Å²) in [5.74, 6) is -5.88. The van der Waals surface area contributed by atoms with Gasteiger partial charge >= 0.3 is 18.1 Å². The third-order valence-corrected chi connectivity index (χ3v) is 5.89. The van der Waals surface area contributed by atoms with E-state index in [1.807, 2.05) is 0 Å². The Morgan fingerprint density at radius 1 is 1.21 bits per heavy atom. The normalized spacial score (nSPS) is 25.7. The third kappa shape index (κ3) is 4.06. The van der Waals surface area contributed by atoms with Gasteiger partial charge in [-0.2, -0.15) is 13.2 Å². The molecule has 3 N–H and O–H groups in total. The fraction of sp³-hybridized carbons (Fsp3) is 0.429. The van der Waals surface area contributed by atoms with Gasteiger partial charge in [-0.25, -0.2) is 4.79 Å². The average Bonchev–Trinajstić information content (AvgIpc) is 3.18. The van der Waals surface area contributed by atoms with Gasteiger partial charge in [0.2, 0.25) is 5.91 Å². The van der Waals surface area contributed by atoms with Crippen LogP contribution in [0.1, 0.15) is 25.3 Å². The van der Waals surface area contributed by atoms with E-state index in [1.54, 1.807) is 0 Å². The minimum Gasteiger partial charge on any atom is -0.480 e. The lowest BCUT2D eigenvalue weighted by atomic mass is 9.72. The predicted molar refractivity (Wildman–Crippen MR) is 106 cm³/mol. The van der Waals surface area contributed by atoms with Crippen LogP contribution in [-0.2, 0) is 25.4 Å². The van der Waals surface area contributed by atoms with Gasteiger partial charge < -0.3 is 25.1 Å². The Hall–Kier alpha value is -3.41. The first-order valence-corrected chi connectivity index (χ1v) is 10.0. The Balaban J connectivity index is 2.25. The number of anilines is 1. The summed E-state index contributed by atoms with van der Waals surface area (Å²) >= 11 is 0. The highest BCUT2D eigenvalue weighted by Crippen LogP contribution is 2.43. The lowest BCUT2D eigenvalue weighted by Crippen LogP contribution is -2.63. The van der Waals surface area contributed by atoms with Crippen molar-refractivity contribution in [3.63, 3.8) is 0 Å². The number of hydrogen-bond acceptors (Lipinski definition) is 5. The number of carboxylic acids is 2. The predicted octanol–water partition coefficient (Wildman–Crippen LogP) is 1.51. The van der Waals surface area contributed by atoms with E-state index in [0.29, 0.717) is 17.0 Å². The molecule has 3 atom stereocenters. The zero-order valence-electron chi connectivity index (χ0n) is 17.4. The summed E-state index contributed by atoms with van der Waals surface area (Å²) < 4.78 is 39.8. The molecular formula is C21H21F3N2O7. The summed E-state index contributed by atoms with van der Waals surface area (Å²) in [4.78, 5) is 52.5. The summed E-state index contributed by atoms with van der Waals surface area (Å²) in [5.41, 5.74) is -5.17. The summed E-state index contributed by atoms with van der Waals surface area (Å²) in [6.45, 7) is 1.24. The van der Waals surface area contributed by atoms with Crippen molar-refractivity contribution in [2.75, 3.05) is 18.0 Å². The second-order valence-corrected chi connectivity index (χ2v) is 7.88. The van der Waals surface area contributed by atoms with E-state index in [0.717, 1.165) is 23.1 Å². The van der Waals surface area contributed by atoms with Crippen LogP contribution in [0, 0.1) is 5.41 Å². The van der Waals surface area contributed by atoms with Gasteiger partial charge in [-0.05, 0) is 37.1 Å². The van der Waals surface area contributed by atoms with Crippen LogP contribution in [0.2, 0.25) is 0 Å². The average molecular weight is 470 g/mol. The molecule has 0 bridgehead atoms. The molecule has 3 unspecified atom stereocenters. The van der Waals surface area contributed by atoms with E-state index in [9.17, 15) is 47.7 Å². The van der Waals surface area contributed by atoms with Gasteiger partial charge in [-0.1, -0.05) is 13.0 Å². The van der Waals surface area contributed by atoms with Crippen molar-refractivity contribution in [1.82, 2.24) is 4.90 Å². The number of nitrogens with zero attached hydrogens (tertiary/aromatic N) is 2. The summed E-state index contributed by atoms with van der Waals surface area (Å²) in [6, 6.07) is 1.92. The molecule has 178 valence electrons. The second-order valence-electron chi connectivity index (χ2n) is 7.88. The van der Waals surface area contributed by atoms with Crippen LogP contribution >= 0.6 is 0 Å².